The zero-order chi connectivity index (χ0) is 36.2. The molecule has 0 atom stereocenters. The number of fused-ring (bicyclic) bond motifs is 4. The van der Waals surface area contributed by atoms with Crippen molar-refractivity contribution in [1.82, 2.24) is 24.3 Å². The summed E-state index contributed by atoms with van der Waals surface area (Å²) in [5.41, 5.74) is 15.3. The van der Waals surface area contributed by atoms with Gasteiger partial charge < -0.3 is 0 Å². The van der Waals surface area contributed by atoms with E-state index in [4.69, 9.17) is 19.9 Å². The van der Waals surface area contributed by atoms with Crippen LogP contribution in [0, 0.1) is 0 Å². The average Bonchev–Trinajstić information content (AvgIpc) is 3.74. The van der Waals surface area contributed by atoms with Crippen molar-refractivity contribution in [2.45, 2.75) is 19.3 Å². The van der Waals surface area contributed by atoms with Crippen molar-refractivity contribution < 1.29 is 0 Å². The molecule has 9 aromatic rings. The van der Waals surface area contributed by atoms with Crippen molar-refractivity contribution in [2.24, 2.45) is 0 Å². The monoisotopic (exact) mass is 693 g/mol. The second-order valence-electron chi connectivity index (χ2n) is 14.4. The molecule has 5 heteroatoms. The molecular weight excluding hydrogens is 659 g/mol. The average molecular weight is 694 g/mol. The van der Waals surface area contributed by atoms with Crippen molar-refractivity contribution in [3.63, 3.8) is 0 Å². The standard InChI is InChI=1S/C49H35N5/c1-49(2)41-21-10-9-20-39(41)40-28-27-38(31-42(40)49)48-52-46(35-16-7-4-8-17-35)51-47(53-48)37-19-13-18-36(30-37)32-23-25-33(26-24-32)44-45(34-14-5-3-6-15-34)54-29-12-11-22-43(54)50-44/h3-31H,1-2H3. The zero-order valence-corrected chi connectivity index (χ0v) is 30.0. The number of pyridine rings is 1. The summed E-state index contributed by atoms with van der Waals surface area (Å²) in [4.78, 5) is 20.3. The fourth-order valence-electron chi connectivity index (χ4n) is 7.92. The van der Waals surface area contributed by atoms with E-state index in [-0.39, 0.29) is 5.41 Å². The minimum Gasteiger partial charge on any atom is -0.299 e. The highest BCUT2D eigenvalue weighted by Crippen LogP contribution is 2.49. The first-order chi connectivity index (χ1) is 26.5. The fraction of sp³-hybridized carbons (Fsp3) is 0.0612. The van der Waals surface area contributed by atoms with Crippen molar-refractivity contribution >= 4 is 5.65 Å². The van der Waals surface area contributed by atoms with Gasteiger partial charge in [0.1, 0.15) is 5.65 Å². The molecule has 0 N–H and O–H groups in total. The number of rotatable bonds is 6. The molecule has 0 aliphatic heterocycles. The van der Waals surface area contributed by atoms with E-state index < -0.39 is 0 Å². The summed E-state index contributed by atoms with van der Waals surface area (Å²) in [6, 6.07) is 59.2. The summed E-state index contributed by atoms with van der Waals surface area (Å²) in [5.74, 6) is 1.94. The Morgan fingerprint density at radius 1 is 0.389 bits per heavy atom. The quantitative estimate of drug-likeness (QED) is 0.174. The topological polar surface area (TPSA) is 56.0 Å². The highest BCUT2D eigenvalue weighted by molar-refractivity contribution is 5.85. The molecule has 1 aliphatic carbocycles. The van der Waals surface area contributed by atoms with Gasteiger partial charge in [-0.25, -0.2) is 19.9 Å². The molecule has 0 amide bonds. The van der Waals surface area contributed by atoms with Gasteiger partial charge in [0.15, 0.2) is 17.5 Å². The van der Waals surface area contributed by atoms with Crippen molar-refractivity contribution in [2.75, 3.05) is 0 Å². The van der Waals surface area contributed by atoms with Gasteiger partial charge in [0.05, 0.1) is 11.4 Å². The minimum absolute atomic E-state index is 0.127. The lowest BCUT2D eigenvalue weighted by Gasteiger charge is -2.21. The largest absolute Gasteiger partial charge is 0.299 e. The van der Waals surface area contributed by atoms with Gasteiger partial charge in [-0.1, -0.05) is 159 Å². The first-order valence-corrected chi connectivity index (χ1v) is 18.3. The third kappa shape index (κ3) is 5.32. The van der Waals surface area contributed by atoms with Crippen LogP contribution >= 0.6 is 0 Å². The van der Waals surface area contributed by atoms with Crippen LogP contribution in [0.4, 0.5) is 0 Å². The van der Waals surface area contributed by atoms with E-state index in [1.165, 1.54) is 22.3 Å². The number of nitrogens with zero attached hydrogens (tertiary/aromatic N) is 5. The SMILES string of the molecule is CC1(C)c2ccccc2-c2ccc(-c3nc(-c4ccccc4)nc(-c4cccc(-c5ccc(-c6nc7ccccn7c6-c6ccccc6)cc5)c4)n3)cc21. The molecule has 0 radical (unpaired) electrons. The summed E-state index contributed by atoms with van der Waals surface area (Å²) in [7, 11) is 0. The lowest BCUT2D eigenvalue weighted by Crippen LogP contribution is -2.15. The third-order valence-electron chi connectivity index (χ3n) is 10.7. The van der Waals surface area contributed by atoms with Gasteiger partial charge in [0.25, 0.3) is 0 Å². The predicted molar refractivity (Wildman–Crippen MR) is 219 cm³/mol. The van der Waals surface area contributed by atoms with Gasteiger partial charge in [-0.3, -0.25) is 4.40 Å². The molecule has 10 rings (SSSR count). The minimum atomic E-state index is -0.127. The lowest BCUT2D eigenvalue weighted by atomic mass is 9.82. The molecule has 0 fully saturated rings. The molecule has 0 saturated carbocycles. The summed E-state index contributed by atoms with van der Waals surface area (Å²) in [6.07, 6.45) is 2.08. The van der Waals surface area contributed by atoms with Crippen LogP contribution in [0.25, 0.3) is 84.6 Å². The van der Waals surface area contributed by atoms with Crippen molar-refractivity contribution in [3.8, 4) is 78.9 Å². The number of hydrogen-bond acceptors (Lipinski definition) is 4. The van der Waals surface area contributed by atoms with Crippen LogP contribution in [0.5, 0.6) is 0 Å². The van der Waals surface area contributed by atoms with Crippen LogP contribution in [-0.2, 0) is 5.41 Å². The molecule has 256 valence electrons. The summed E-state index contributed by atoms with van der Waals surface area (Å²) in [5, 5.41) is 0. The van der Waals surface area contributed by atoms with Crippen molar-refractivity contribution in [1.29, 1.82) is 0 Å². The molecule has 54 heavy (non-hydrogen) atoms. The van der Waals surface area contributed by atoms with Crippen LogP contribution in [0.1, 0.15) is 25.0 Å². The second kappa shape index (κ2) is 12.6. The molecule has 5 nitrogen and oxygen atoms in total. The first-order valence-electron chi connectivity index (χ1n) is 18.3. The smallest absolute Gasteiger partial charge is 0.164 e. The molecule has 3 aromatic heterocycles. The van der Waals surface area contributed by atoms with E-state index in [1.54, 1.807) is 0 Å². The molecule has 6 aromatic carbocycles. The van der Waals surface area contributed by atoms with Crippen LogP contribution < -0.4 is 0 Å². The Labute approximate surface area is 314 Å². The molecule has 0 spiro atoms. The highest BCUT2D eigenvalue weighted by atomic mass is 15.0. The third-order valence-corrected chi connectivity index (χ3v) is 10.7. The Kier molecular flexibility index (Phi) is 7.41. The maximum Gasteiger partial charge on any atom is 0.164 e. The van der Waals surface area contributed by atoms with Gasteiger partial charge in [-0.2, -0.15) is 0 Å². The molecule has 0 bridgehead atoms. The zero-order valence-electron chi connectivity index (χ0n) is 30.0. The van der Waals surface area contributed by atoms with E-state index in [0.29, 0.717) is 17.5 Å². The summed E-state index contributed by atoms with van der Waals surface area (Å²) < 4.78 is 2.16. The van der Waals surface area contributed by atoms with E-state index in [1.807, 2.05) is 36.4 Å². The second-order valence-corrected chi connectivity index (χ2v) is 14.4. The Morgan fingerprint density at radius 2 is 0.944 bits per heavy atom. The molecule has 0 unspecified atom stereocenters. The fourth-order valence-corrected chi connectivity index (χ4v) is 7.92. The van der Waals surface area contributed by atoms with Gasteiger partial charge >= 0.3 is 0 Å². The molecule has 1 aliphatic rings. The van der Waals surface area contributed by atoms with E-state index in [2.05, 4.69) is 158 Å². The first kappa shape index (κ1) is 31.7. The Balaban J connectivity index is 1.04. The van der Waals surface area contributed by atoms with E-state index in [0.717, 1.165) is 56.0 Å². The Bertz CT molecular complexity index is 2840. The number of hydrogen-bond donors (Lipinski definition) is 0. The van der Waals surface area contributed by atoms with Gasteiger partial charge in [0.2, 0.25) is 0 Å². The van der Waals surface area contributed by atoms with Crippen LogP contribution in [-0.4, -0.2) is 24.3 Å². The van der Waals surface area contributed by atoms with Gasteiger partial charge in [0, 0.05) is 39.4 Å². The maximum absolute atomic E-state index is 5.14. The summed E-state index contributed by atoms with van der Waals surface area (Å²) >= 11 is 0. The number of benzene rings is 6. The molecule has 0 saturated heterocycles. The van der Waals surface area contributed by atoms with Gasteiger partial charge in [-0.05, 0) is 57.6 Å². The maximum atomic E-state index is 5.14. The van der Waals surface area contributed by atoms with Crippen LogP contribution in [0.2, 0.25) is 0 Å². The predicted octanol–water partition coefficient (Wildman–Crippen LogP) is 11.8. The lowest BCUT2D eigenvalue weighted by molar-refractivity contribution is 0.660. The Morgan fingerprint density at radius 3 is 1.70 bits per heavy atom. The Hall–Kier alpha value is -6.98. The number of imidazole rings is 1. The molecule has 3 heterocycles. The normalized spacial score (nSPS) is 12.8. The summed E-state index contributed by atoms with van der Waals surface area (Å²) in [6.45, 7) is 4.60. The van der Waals surface area contributed by atoms with Gasteiger partial charge in [-0.15, -0.1) is 0 Å². The van der Waals surface area contributed by atoms with Crippen LogP contribution in [0.3, 0.4) is 0 Å². The molecular formula is C49H35N5. The number of aromatic nitrogens is 5. The van der Waals surface area contributed by atoms with Crippen molar-refractivity contribution in [3.05, 3.63) is 187 Å². The van der Waals surface area contributed by atoms with E-state index >= 15 is 0 Å². The highest BCUT2D eigenvalue weighted by Gasteiger charge is 2.35. The van der Waals surface area contributed by atoms with Crippen LogP contribution in [0.15, 0.2) is 176 Å². The van der Waals surface area contributed by atoms with E-state index in [9.17, 15) is 0 Å².